The summed E-state index contributed by atoms with van der Waals surface area (Å²) in [4.78, 5) is 4.34. The van der Waals surface area contributed by atoms with Crippen LogP contribution in [0, 0.1) is 5.82 Å². The number of nitrogens with zero attached hydrogens (tertiary/aromatic N) is 3. The van der Waals surface area contributed by atoms with Gasteiger partial charge in [-0.05, 0) is 6.07 Å². The average Bonchev–Trinajstić information content (AvgIpc) is 2.72. The zero-order valence-electron chi connectivity index (χ0n) is 15.7. The standard InChI is InChI=1S/C19H20FN5O3/c1-26-15-8-13(9-16(27-2)18(15)28-3)23-17-11-22-25-19(24-17)21-10-12-6-4-5-7-14(12)20/h4-9,11H,10H2,1-3H3,(H2,21,23,24,25). The monoisotopic (exact) mass is 385 g/mol. The van der Waals surface area contributed by atoms with Crippen LogP contribution in [0.25, 0.3) is 0 Å². The Labute approximate surface area is 161 Å². The molecule has 2 aromatic carbocycles. The molecule has 0 atom stereocenters. The largest absolute Gasteiger partial charge is 0.493 e. The SMILES string of the molecule is COc1cc(Nc2cnnc(NCc3ccccc3F)n2)cc(OC)c1OC. The second-order valence-corrected chi connectivity index (χ2v) is 5.65. The number of ether oxygens (including phenoxy) is 3. The fraction of sp³-hybridized carbons (Fsp3) is 0.211. The maximum Gasteiger partial charge on any atom is 0.244 e. The van der Waals surface area contributed by atoms with Crippen molar-refractivity contribution in [2.24, 2.45) is 0 Å². The van der Waals surface area contributed by atoms with E-state index in [1.165, 1.54) is 33.6 Å². The van der Waals surface area contributed by atoms with Crippen molar-refractivity contribution in [3.8, 4) is 17.2 Å². The van der Waals surface area contributed by atoms with Gasteiger partial charge in [0.2, 0.25) is 11.7 Å². The van der Waals surface area contributed by atoms with E-state index in [2.05, 4.69) is 25.8 Å². The van der Waals surface area contributed by atoms with Crippen molar-refractivity contribution in [1.29, 1.82) is 0 Å². The Morgan fingerprint density at radius 3 is 2.36 bits per heavy atom. The van der Waals surface area contributed by atoms with Gasteiger partial charge in [-0.1, -0.05) is 18.2 Å². The van der Waals surface area contributed by atoms with Crippen LogP contribution in [0.15, 0.2) is 42.6 Å². The number of hydrogen-bond donors (Lipinski definition) is 2. The van der Waals surface area contributed by atoms with E-state index >= 15 is 0 Å². The van der Waals surface area contributed by atoms with Gasteiger partial charge in [0.15, 0.2) is 17.3 Å². The molecule has 0 bridgehead atoms. The number of methoxy groups -OCH3 is 3. The van der Waals surface area contributed by atoms with E-state index in [1.54, 1.807) is 30.3 Å². The van der Waals surface area contributed by atoms with Crippen LogP contribution in [0.2, 0.25) is 0 Å². The lowest BCUT2D eigenvalue weighted by atomic mass is 10.2. The second kappa shape index (κ2) is 8.85. The molecule has 2 N–H and O–H groups in total. The lowest BCUT2D eigenvalue weighted by Crippen LogP contribution is -2.07. The van der Waals surface area contributed by atoms with E-state index in [-0.39, 0.29) is 18.3 Å². The minimum Gasteiger partial charge on any atom is -0.493 e. The fourth-order valence-corrected chi connectivity index (χ4v) is 2.56. The predicted molar refractivity (Wildman–Crippen MR) is 103 cm³/mol. The summed E-state index contributed by atoms with van der Waals surface area (Å²) < 4.78 is 29.7. The Morgan fingerprint density at radius 2 is 1.71 bits per heavy atom. The van der Waals surface area contributed by atoms with Crippen molar-refractivity contribution in [3.63, 3.8) is 0 Å². The third-order valence-electron chi connectivity index (χ3n) is 3.89. The van der Waals surface area contributed by atoms with Crippen LogP contribution in [-0.4, -0.2) is 36.5 Å². The summed E-state index contributed by atoms with van der Waals surface area (Å²) in [5, 5.41) is 13.9. The minimum atomic E-state index is -0.297. The van der Waals surface area contributed by atoms with E-state index in [4.69, 9.17) is 14.2 Å². The third kappa shape index (κ3) is 4.37. The number of anilines is 3. The van der Waals surface area contributed by atoms with Crippen LogP contribution in [0.1, 0.15) is 5.56 Å². The average molecular weight is 385 g/mol. The molecule has 0 saturated carbocycles. The number of rotatable bonds is 8. The molecule has 3 aromatic rings. The first-order chi connectivity index (χ1) is 13.6. The number of benzene rings is 2. The van der Waals surface area contributed by atoms with E-state index in [0.717, 1.165) is 0 Å². The Hall–Kier alpha value is -3.62. The fourth-order valence-electron chi connectivity index (χ4n) is 2.56. The van der Waals surface area contributed by atoms with Gasteiger partial charge in [-0.15, -0.1) is 5.10 Å². The summed E-state index contributed by atoms with van der Waals surface area (Å²) in [6.07, 6.45) is 1.47. The summed E-state index contributed by atoms with van der Waals surface area (Å²) in [6.45, 7) is 0.238. The molecule has 8 nitrogen and oxygen atoms in total. The molecular formula is C19H20FN5O3. The highest BCUT2D eigenvalue weighted by Crippen LogP contribution is 2.40. The topological polar surface area (TPSA) is 90.4 Å². The molecule has 0 unspecified atom stereocenters. The highest BCUT2D eigenvalue weighted by atomic mass is 19.1. The maximum atomic E-state index is 13.7. The zero-order chi connectivity index (χ0) is 19.9. The Morgan fingerprint density at radius 1 is 1.00 bits per heavy atom. The molecular weight excluding hydrogens is 365 g/mol. The summed E-state index contributed by atoms with van der Waals surface area (Å²) in [5.74, 6) is 1.91. The van der Waals surface area contributed by atoms with Crippen molar-refractivity contribution >= 4 is 17.5 Å². The Balaban J connectivity index is 1.77. The molecule has 28 heavy (non-hydrogen) atoms. The van der Waals surface area contributed by atoms with Crippen LogP contribution < -0.4 is 24.8 Å². The molecule has 3 rings (SSSR count). The van der Waals surface area contributed by atoms with E-state index in [0.29, 0.717) is 34.3 Å². The number of aromatic nitrogens is 3. The third-order valence-corrected chi connectivity index (χ3v) is 3.89. The molecule has 0 saturated heterocycles. The molecule has 9 heteroatoms. The molecule has 1 heterocycles. The van der Waals surface area contributed by atoms with Gasteiger partial charge in [0.1, 0.15) is 5.82 Å². The molecule has 0 fully saturated rings. The Bertz CT molecular complexity index is 929. The molecule has 1 aromatic heterocycles. The molecule has 0 aliphatic carbocycles. The molecule has 146 valence electrons. The summed E-state index contributed by atoms with van der Waals surface area (Å²) in [5.41, 5.74) is 1.17. The van der Waals surface area contributed by atoms with E-state index < -0.39 is 0 Å². The van der Waals surface area contributed by atoms with Gasteiger partial charge in [-0.25, -0.2) is 4.39 Å². The second-order valence-electron chi connectivity index (χ2n) is 5.65. The highest BCUT2D eigenvalue weighted by molar-refractivity contribution is 5.66. The van der Waals surface area contributed by atoms with Gasteiger partial charge in [-0.3, -0.25) is 0 Å². The van der Waals surface area contributed by atoms with Crippen molar-refractivity contribution in [3.05, 3.63) is 54.0 Å². The molecule has 0 amide bonds. The van der Waals surface area contributed by atoms with Crippen molar-refractivity contribution in [2.75, 3.05) is 32.0 Å². The quantitative estimate of drug-likeness (QED) is 0.610. The normalized spacial score (nSPS) is 10.3. The highest BCUT2D eigenvalue weighted by Gasteiger charge is 2.14. The minimum absolute atomic E-state index is 0.238. The first-order valence-corrected chi connectivity index (χ1v) is 8.38. The van der Waals surface area contributed by atoms with Crippen LogP contribution in [0.3, 0.4) is 0 Å². The Kier molecular flexibility index (Phi) is 6.05. The summed E-state index contributed by atoms with van der Waals surface area (Å²) >= 11 is 0. The lowest BCUT2D eigenvalue weighted by Gasteiger charge is -2.15. The van der Waals surface area contributed by atoms with Crippen LogP contribution in [0.5, 0.6) is 17.2 Å². The number of nitrogens with one attached hydrogen (secondary N) is 2. The summed E-state index contributed by atoms with van der Waals surface area (Å²) in [7, 11) is 4.62. The van der Waals surface area contributed by atoms with Crippen molar-refractivity contribution < 1.29 is 18.6 Å². The van der Waals surface area contributed by atoms with Crippen molar-refractivity contribution in [1.82, 2.24) is 15.2 Å². The number of halogens is 1. The van der Waals surface area contributed by atoms with Gasteiger partial charge in [0, 0.05) is 29.9 Å². The zero-order valence-corrected chi connectivity index (χ0v) is 15.7. The summed E-state index contributed by atoms with van der Waals surface area (Å²) in [6, 6.07) is 9.98. The van der Waals surface area contributed by atoms with Gasteiger partial charge >= 0.3 is 0 Å². The smallest absolute Gasteiger partial charge is 0.244 e. The van der Waals surface area contributed by atoms with Gasteiger partial charge in [0.05, 0.1) is 27.5 Å². The first-order valence-electron chi connectivity index (χ1n) is 8.38. The maximum absolute atomic E-state index is 13.7. The van der Waals surface area contributed by atoms with Gasteiger partial charge < -0.3 is 24.8 Å². The number of hydrogen-bond acceptors (Lipinski definition) is 8. The van der Waals surface area contributed by atoms with E-state index in [1.807, 2.05) is 0 Å². The molecule has 0 radical (unpaired) electrons. The lowest BCUT2D eigenvalue weighted by molar-refractivity contribution is 0.324. The van der Waals surface area contributed by atoms with Gasteiger partial charge in [0.25, 0.3) is 0 Å². The van der Waals surface area contributed by atoms with Gasteiger partial charge in [-0.2, -0.15) is 10.1 Å². The molecule has 0 aliphatic heterocycles. The molecule has 0 aliphatic rings. The van der Waals surface area contributed by atoms with E-state index in [9.17, 15) is 4.39 Å². The first kappa shape index (κ1) is 19.2. The molecule has 0 spiro atoms. The van der Waals surface area contributed by atoms with Crippen LogP contribution in [0.4, 0.5) is 21.8 Å². The van der Waals surface area contributed by atoms with Crippen molar-refractivity contribution in [2.45, 2.75) is 6.54 Å². The van der Waals surface area contributed by atoms with Crippen LogP contribution in [-0.2, 0) is 6.54 Å². The predicted octanol–water partition coefficient (Wildman–Crippen LogP) is 3.39. The van der Waals surface area contributed by atoms with Crippen LogP contribution >= 0.6 is 0 Å².